The van der Waals surface area contributed by atoms with E-state index < -0.39 is 0 Å². The van der Waals surface area contributed by atoms with Gasteiger partial charge in [0.1, 0.15) is 0 Å². The Kier molecular flexibility index (Phi) is 7.10. The predicted octanol–water partition coefficient (Wildman–Crippen LogP) is 7.12. The molecule has 2 saturated carbocycles. The topological polar surface area (TPSA) is 9.23 Å². The van der Waals surface area contributed by atoms with Gasteiger partial charge in [0.05, 0.1) is 12.4 Å². The smallest absolute Gasteiger partial charge is 0.0951 e. The molecular formula is C23H40O. The third kappa shape index (κ3) is 5.27. The summed E-state index contributed by atoms with van der Waals surface area (Å²) in [5.41, 5.74) is 0. The molecule has 0 spiro atoms. The SMILES string of the molecule is CCCC1CC=C(C2CCC(CCC3CCC(C)CC3)CC2)OC1. The van der Waals surface area contributed by atoms with Crippen molar-refractivity contribution in [3.8, 4) is 0 Å². The Morgan fingerprint density at radius 3 is 2.00 bits per heavy atom. The van der Waals surface area contributed by atoms with Crippen LogP contribution in [-0.4, -0.2) is 6.61 Å². The van der Waals surface area contributed by atoms with Crippen LogP contribution in [0.2, 0.25) is 0 Å². The van der Waals surface area contributed by atoms with Crippen molar-refractivity contribution in [2.45, 2.75) is 97.3 Å². The second kappa shape index (κ2) is 9.30. The van der Waals surface area contributed by atoms with Crippen LogP contribution in [0.4, 0.5) is 0 Å². The lowest BCUT2D eigenvalue weighted by Gasteiger charge is -2.34. The van der Waals surface area contributed by atoms with Crippen molar-refractivity contribution in [1.29, 1.82) is 0 Å². The van der Waals surface area contributed by atoms with Crippen molar-refractivity contribution in [3.05, 3.63) is 11.8 Å². The molecule has 3 rings (SSSR count). The summed E-state index contributed by atoms with van der Waals surface area (Å²) in [6.07, 6.45) is 21.0. The molecule has 0 saturated heterocycles. The van der Waals surface area contributed by atoms with Crippen molar-refractivity contribution >= 4 is 0 Å². The third-order valence-electron chi connectivity index (χ3n) is 7.20. The Labute approximate surface area is 150 Å². The molecule has 138 valence electrons. The fourth-order valence-electron chi connectivity index (χ4n) is 5.34. The normalized spacial score (nSPS) is 37.6. The van der Waals surface area contributed by atoms with E-state index in [0.29, 0.717) is 0 Å². The Balaban J connectivity index is 1.34. The highest BCUT2D eigenvalue weighted by molar-refractivity contribution is 5.04. The van der Waals surface area contributed by atoms with Crippen molar-refractivity contribution in [2.24, 2.45) is 29.6 Å². The number of hydrogen-bond acceptors (Lipinski definition) is 1. The Morgan fingerprint density at radius 2 is 1.46 bits per heavy atom. The highest BCUT2D eigenvalue weighted by atomic mass is 16.5. The van der Waals surface area contributed by atoms with Crippen LogP contribution in [0.1, 0.15) is 97.3 Å². The summed E-state index contributed by atoms with van der Waals surface area (Å²) < 4.78 is 6.14. The van der Waals surface area contributed by atoms with Crippen LogP contribution in [0.5, 0.6) is 0 Å². The van der Waals surface area contributed by atoms with Crippen molar-refractivity contribution in [1.82, 2.24) is 0 Å². The second-order valence-corrected chi connectivity index (χ2v) is 9.23. The van der Waals surface area contributed by atoms with Gasteiger partial charge in [-0.15, -0.1) is 0 Å². The molecule has 0 aromatic heterocycles. The van der Waals surface area contributed by atoms with E-state index in [4.69, 9.17) is 4.74 Å². The minimum absolute atomic E-state index is 0.749. The monoisotopic (exact) mass is 332 g/mol. The lowest BCUT2D eigenvalue weighted by atomic mass is 9.75. The zero-order chi connectivity index (χ0) is 16.8. The van der Waals surface area contributed by atoms with Gasteiger partial charge in [0.2, 0.25) is 0 Å². The maximum atomic E-state index is 6.14. The van der Waals surface area contributed by atoms with Gasteiger partial charge in [0.25, 0.3) is 0 Å². The van der Waals surface area contributed by atoms with Crippen molar-refractivity contribution in [3.63, 3.8) is 0 Å². The van der Waals surface area contributed by atoms with E-state index in [9.17, 15) is 0 Å². The van der Waals surface area contributed by atoms with Gasteiger partial charge in [0, 0.05) is 5.92 Å². The molecule has 1 nitrogen and oxygen atoms in total. The molecule has 2 fully saturated rings. The van der Waals surface area contributed by atoms with Crippen LogP contribution in [0.25, 0.3) is 0 Å². The van der Waals surface area contributed by atoms with Crippen LogP contribution >= 0.6 is 0 Å². The zero-order valence-corrected chi connectivity index (χ0v) is 16.3. The molecule has 0 aromatic carbocycles. The van der Waals surface area contributed by atoms with Gasteiger partial charge in [-0.3, -0.25) is 0 Å². The summed E-state index contributed by atoms with van der Waals surface area (Å²) in [6, 6.07) is 0. The molecule has 1 aliphatic heterocycles. The summed E-state index contributed by atoms with van der Waals surface area (Å²) in [5.74, 6) is 5.96. The molecule has 0 N–H and O–H groups in total. The van der Waals surface area contributed by atoms with Crippen LogP contribution in [0.3, 0.4) is 0 Å². The van der Waals surface area contributed by atoms with Gasteiger partial charge >= 0.3 is 0 Å². The lowest BCUT2D eigenvalue weighted by Crippen LogP contribution is -2.22. The number of ether oxygens (including phenoxy) is 1. The quantitative estimate of drug-likeness (QED) is 0.503. The molecular weight excluding hydrogens is 292 g/mol. The fourth-order valence-corrected chi connectivity index (χ4v) is 5.34. The predicted molar refractivity (Wildman–Crippen MR) is 103 cm³/mol. The first-order valence-corrected chi connectivity index (χ1v) is 11.1. The van der Waals surface area contributed by atoms with Gasteiger partial charge in [-0.05, 0) is 68.3 Å². The third-order valence-corrected chi connectivity index (χ3v) is 7.20. The average Bonchev–Trinajstić information content (AvgIpc) is 2.63. The summed E-state index contributed by atoms with van der Waals surface area (Å²) in [5, 5.41) is 0. The van der Waals surface area contributed by atoms with Gasteiger partial charge in [-0.25, -0.2) is 0 Å². The van der Waals surface area contributed by atoms with E-state index in [0.717, 1.165) is 36.2 Å². The molecule has 3 aliphatic rings. The molecule has 0 amide bonds. The first-order chi connectivity index (χ1) is 11.7. The largest absolute Gasteiger partial charge is 0.498 e. The highest BCUT2D eigenvalue weighted by Crippen LogP contribution is 2.39. The molecule has 0 radical (unpaired) electrons. The minimum Gasteiger partial charge on any atom is -0.498 e. The number of allylic oxidation sites excluding steroid dienone is 2. The van der Waals surface area contributed by atoms with Crippen LogP contribution < -0.4 is 0 Å². The van der Waals surface area contributed by atoms with E-state index >= 15 is 0 Å². The van der Waals surface area contributed by atoms with E-state index in [1.54, 1.807) is 0 Å². The maximum absolute atomic E-state index is 6.14. The van der Waals surface area contributed by atoms with Crippen molar-refractivity contribution in [2.75, 3.05) is 6.61 Å². The Morgan fingerprint density at radius 1 is 0.833 bits per heavy atom. The molecule has 1 unspecified atom stereocenters. The van der Waals surface area contributed by atoms with Gasteiger partial charge in [-0.2, -0.15) is 0 Å². The Bertz CT molecular complexity index is 383. The van der Waals surface area contributed by atoms with E-state index in [-0.39, 0.29) is 0 Å². The van der Waals surface area contributed by atoms with Crippen LogP contribution in [-0.2, 0) is 4.74 Å². The fraction of sp³-hybridized carbons (Fsp3) is 0.913. The van der Waals surface area contributed by atoms with Gasteiger partial charge < -0.3 is 4.74 Å². The molecule has 1 atom stereocenters. The van der Waals surface area contributed by atoms with Gasteiger partial charge in [0.15, 0.2) is 0 Å². The summed E-state index contributed by atoms with van der Waals surface area (Å²) in [7, 11) is 0. The summed E-state index contributed by atoms with van der Waals surface area (Å²) in [6.45, 7) is 5.71. The van der Waals surface area contributed by atoms with Gasteiger partial charge in [-0.1, -0.05) is 58.8 Å². The molecule has 1 heterocycles. The van der Waals surface area contributed by atoms with Crippen LogP contribution in [0, 0.1) is 29.6 Å². The minimum atomic E-state index is 0.749. The average molecular weight is 333 g/mol. The molecule has 0 aromatic rings. The lowest BCUT2D eigenvalue weighted by molar-refractivity contribution is 0.0987. The standard InChI is InChI=1S/C23H40O/c1-3-4-21-13-16-23(24-17-21)22-14-11-20(12-15-22)10-9-19-7-5-18(2)6-8-19/h16,18-22H,3-15,17H2,1-2H3. The molecule has 24 heavy (non-hydrogen) atoms. The molecule has 1 heteroatoms. The first kappa shape index (κ1) is 18.3. The van der Waals surface area contributed by atoms with Crippen LogP contribution in [0.15, 0.2) is 11.8 Å². The van der Waals surface area contributed by atoms with E-state index in [1.807, 2.05) is 0 Å². The summed E-state index contributed by atoms with van der Waals surface area (Å²) >= 11 is 0. The first-order valence-electron chi connectivity index (χ1n) is 11.1. The number of rotatable bonds is 6. The van der Waals surface area contributed by atoms with E-state index in [1.165, 1.54) is 89.2 Å². The highest BCUT2D eigenvalue weighted by Gasteiger charge is 2.28. The second-order valence-electron chi connectivity index (χ2n) is 9.23. The van der Waals surface area contributed by atoms with Crippen molar-refractivity contribution < 1.29 is 4.74 Å². The molecule has 0 bridgehead atoms. The van der Waals surface area contributed by atoms with E-state index in [2.05, 4.69) is 19.9 Å². The zero-order valence-electron chi connectivity index (χ0n) is 16.3. The Hall–Kier alpha value is -0.460. The maximum Gasteiger partial charge on any atom is 0.0951 e. The molecule has 2 aliphatic carbocycles. The summed E-state index contributed by atoms with van der Waals surface area (Å²) in [4.78, 5) is 0. The number of hydrogen-bond donors (Lipinski definition) is 0.